The van der Waals surface area contributed by atoms with Gasteiger partial charge in [-0.15, -0.1) is 11.6 Å². The number of alkyl halides is 1. The van der Waals surface area contributed by atoms with Crippen molar-refractivity contribution in [3.05, 3.63) is 33.3 Å². The van der Waals surface area contributed by atoms with E-state index in [1.54, 1.807) is 18.2 Å². The van der Waals surface area contributed by atoms with Gasteiger partial charge in [0, 0.05) is 16.9 Å². The zero-order valence-corrected chi connectivity index (χ0v) is 12.4. The van der Waals surface area contributed by atoms with E-state index in [-0.39, 0.29) is 5.91 Å². The van der Waals surface area contributed by atoms with E-state index in [0.717, 1.165) is 23.7 Å². The van der Waals surface area contributed by atoms with Crippen molar-refractivity contribution >= 4 is 45.0 Å². The SMILES string of the molecule is O=C(NCCCCCCl)c1cc(Br)ccc1Cl. The molecule has 17 heavy (non-hydrogen) atoms. The number of carbonyl (C=O) groups is 1. The third kappa shape index (κ3) is 5.28. The van der Waals surface area contributed by atoms with Crippen molar-refractivity contribution in [3.63, 3.8) is 0 Å². The molecule has 1 N–H and O–H groups in total. The number of carbonyl (C=O) groups excluding carboxylic acids is 1. The summed E-state index contributed by atoms with van der Waals surface area (Å²) in [6, 6.07) is 5.23. The van der Waals surface area contributed by atoms with Gasteiger partial charge >= 0.3 is 0 Å². The van der Waals surface area contributed by atoms with Crippen LogP contribution in [0.2, 0.25) is 5.02 Å². The minimum atomic E-state index is -0.137. The van der Waals surface area contributed by atoms with E-state index >= 15 is 0 Å². The van der Waals surface area contributed by atoms with E-state index in [1.165, 1.54) is 0 Å². The molecule has 0 fully saturated rings. The molecule has 5 heteroatoms. The van der Waals surface area contributed by atoms with Crippen LogP contribution in [-0.4, -0.2) is 18.3 Å². The van der Waals surface area contributed by atoms with E-state index in [4.69, 9.17) is 23.2 Å². The number of benzene rings is 1. The molecule has 2 nitrogen and oxygen atoms in total. The third-order valence-electron chi connectivity index (χ3n) is 2.27. The summed E-state index contributed by atoms with van der Waals surface area (Å²) in [4.78, 5) is 11.8. The van der Waals surface area contributed by atoms with Crippen LogP contribution in [-0.2, 0) is 0 Å². The Balaban J connectivity index is 2.44. The number of nitrogens with one attached hydrogen (secondary N) is 1. The Morgan fingerprint density at radius 3 is 2.76 bits per heavy atom. The van der Waals surface area contributed by atoms with E-state index < -0.39 is 0 Å². The highest BCUT2D eigenvalue weighted by Gasteiger charge is 2.09. The van der Waals surface area contributed by atoms with Gasteiger partial charge in [0.1, 0.15) is 0 Å². The molecule has 0 unspecified atom stereocenters. The van der Waals surface area contributed by atoms with E-state index in [1.807, 2.05) is 0 Å². The molecule has 0 spiro atoms. The van der Waals surface area contributed by atoms with Gasteiger partial charge in [0.25, 0.3) is 5.91 Å². The Hall–Kier alpha value is -0.250. The van der Waals surface area contributed by atoms with Crippen LogP contribution in [0.4, 0.5) is 0 Å². The Labute approximate surface area is 120 Å². The van der Waals surface area contributed by atoms with E-state index in [9.17, 15) is 4.79 Å². The Kier molecular flexibility index (Phi) is 6.93. The summed E-state index contributed by atoms with van der Waals surface area (Å²) < 4.78 is 0.842. The highest BCUT2D eigenvalue weighted by atomic mass is 79.9. The Bertz CT molecular complexity index is 385. The second kappa shape index (κ2) is 7.96. The van der Waals surface area contributed by atoms with Gasteiger partial charge in [-0.05, 0) is 31.0 Å². The number of hydrogen-bond acceptors (Lipinski definition) is 1. The average Bonchev–Trinajstić information content (AvgIpc) is 2.32. The normalized spacial score (nSPS) is 10.3. The van der Waals surface area contributed by atoms with Crippen LogP contribution in [0.25, 0.3) is 0 Å². The van der Waals surface area contributed by atoms with Gasteiger partial charge in [0.2, 0.25) is 0 Å². The molecule has 0 aliphatic rings. The first-order valence-corrected chi connectivity index (χ1v) is 7.15. The highest BCUT2D eigenvalue weighted by Crippen LogP contribution is 2.20. The maximum Gasteiger partial charge on any atom is 0.252 e. The number of unbranched alkanes of at least 4 members (excludes halogenated alkanes) is 2. The van der Waals surface area contributed by atoms with Crippen molar-refractivity contribution in [2.45, 2.75) is 19.3 Å². The van der Waals surface area contributed by atoms with Crippen LogP contribution < -0.4 is 5.32 Å². The van der Waals surface area contributed by atoms with Crippen molar-refractivity contribution in [3.8, 4) is 0 Å². The van der Waals surface area contributed by atoms with Crippen molar-refractivity contribution in [2.24, 2.45) is 0 Å². The van der Waals surface area contributed by atoms with Gasteiger partial charge in [0.05, 0.1) is 10.6 Å². The predicted molar refractivity (Wildman–Crippen MR) is 76.1 cm³/mol. The lowest BCUT2D eigenvalue weighted by Gasteiger charge is -2.06. The van der Waals surface area contributed by atoms with Crippen LogP contribution in [0.15, 0.2) is 22.7 Å². The maximum atomic E-state index is 11.8. The molecule has 0 atom stereocenters. The summed E-state index contributed by atoms with van der Waals surface area (Å²) in [6.07, 6.45) is 2.94. The third-order valence-corrected chi connectivity index (χ3v) is 3.36. The summed E-state index contributed by atoms with van der Waals surface area (Å²) in [5.74, 6) is 0.535. The molecule has 1 amide bonds. The van der Waals surface area contributed by atoms with Crippen molar-refractivity contribution < 1.29 is 4.79 Å². The fourth-order valence-corrected chi connectivity index (χ4v) is 2.12. The van der Waals surface area contributed by atoms with Crippen molar-refractivity contribution in [1.82, 2.24) is 5.32 Å². The fraction of sp³-hybridized carbons (Fsp3) is 0.417. The first-order valence-electron chi connectivity index (χ1n) is 5.44. The standard InChI is InChI=1S/C12H14BrCl2NO/c13-9-4-5-11(15)10(8-9)12(17)16-7-3-1-2-6-14/h4-5,8H,1-3,6-7H2,(H,16,17). The lowest BCUT2D eigenvalue weighted by molar-refractivity contribution is 0.0953. The molecule has 1 rings (SSSR count). The van der Waals surface area contributed by atoms with E-state index in [0.29, 0.717) is 23.0 Å². The van der Waals surface area contributed by atoms with Crippen LogP contribution in [0.5, 0.6) is 0 Å². The molecule has 0 saturated carbocycles. The Morgan fingerprint density at radius 1 is 1.29 bits per heavy atom. The van der Waals surface area contributed by atoms with Gasteiger partial charge in [-0.25, -0.2) is 0 Å². The summed E-state index contributed by atoms with van der Waals surface area (Å²) in [5, 5.41) is 3.30. The number of amides is 1. The number of hydrogen-bond donors (Lipinski definition) is 1. The molecule has 0 heterocycles. The minimum Gasteiger partial charge on any atom is -0.352 e. The van der Waals surface area contributed by atoms with Crippen molar-refractivity contribution in [1.29, 1.82) is 0 Å². The molecule has 0 aromatic heterocycles. The quantitative estimate of drug-likeness (QED) is 0.610. The molecule has 1 aromatic rings. The van der Waals surface area contributed by atoms with Crippen LogP contribution in [0.1, 0.15) is 29.6 Å². The molecule has 94 valence electrons. The summed E-state index contributed by atoms with van der Waals surface area (Å²) in [6.45, 7) is 0.651. The van der Waals surface area contributed by atoms with Crippen molar-refractivity contribution in [2.75, 3.05) is 12.4 Å². The molecule has 0 aliphatic carbocycles. The molecule has 0 aliphatic heterocycles. The zero-order valence-electron chi connectivity index (χ0n) is 9.31. The highest BCUT2D eigenvalue weighted by molar-refractivity contribution is 9.10. The summed E-state index contributed by atoms with van der Waals surface area (Å²) in [5.41, 5.74) is 0.499. The topological polar surface area (TPSA) is 29.1 Å². The van der Waals surface area contributed by atoms with Gasteiger partial charge in [-0.2, -0.15) is 0 Å². The van der Waals surface area contributed by atoms with Crippen LogP contribution in [0.3, 0.4) is 0 Å². The second-order valence-corrected chi connectivity index (χ2v) is 5.33. The number of rotatable bonds is 6. The van der Waals surface area contributed by atoms with Gasteiger partial charge in [0.15, 0.2) is 0 Å². The smallest absolute Gasteiger partial charge is 0.252 e. The molecular formula is C12H14BrCl2NO. The van der Waals surface area contributed by atoms with Crippen LogP contribution >= 0.6 is 39.1 Å². The molecule has 0 saturated heterocycles. The minimum absolute atomic E-state index is 0.137. The molecule has 0 radical (unpaired) electrons. The zero-order chi connectivity index (χ0) is 12.7. The largest absolute Gasteiger partial charge is 0.352 e. The molecular weight excluding hydrogens is 325 g/mol. The Morgan fingerprint density at radius 2 is 2.06 bits per heavy atom. The first-order chi connectivity index (χ1) is 8.15. The van der Waals surface area contributed by atoms with Gasteiger partial charge in [-0.1, -0.05) is 34.0 Å². The lowest BCUT2D eigenvalue weighted by atomic mass is 10.2. The summed E-state index contributed by atoms with van der Waals surface area (Å²) in [7, 11) is 0. The molecule has 1 aromatic carbocycles. The maximum absolute atomic E-state index is 11.8. The number of halogens is 3. The lowest BCUT2D eigenvalue weighted by Crippen LogP contribution is -2.24. The predicted octanol–water partition coefficient (Wildman–Crippen LogP) is 4.24. The second-order valence-electron chi connectivity index (χ2n) is 3.63. The monoisotopic (exact) mass is 337 g/mol. The summed E-state index contributed by atoms with van der Waals surface area (Å²) >= 11 is 14.8. The van der Waals surface area contributed by atoms with Gasteiger partial charge < -0.3 is 5.32 Å². The van der Waals surface area contributed by atoms with Gasteiger partial charge in [-0.3, -0.25) is 4.79 Å². The molecule has 0 bridgehead atoms. The van der Waals surface area contributed by atoms with Crippen LogP contribution in [0, 0.1) is 0 Å². The van der Waals surface area contributed by atoms with E-state index in [2.05, 4.69) is 21.2 Å². The fourth-order valence-electron chi connectivity index (χ4n) is 1.36. The average molecular weight is 339 g/mol. The first kappa shape index (κ1) is 14.8.